The van der Waals surface area contributed by atoms with Gasteiger partial charge >= 0.3 is 5.97 Å². The molecule has 0 saturated carbocycles. The van der Waals surface area contributed by atoms with Crippen LogP contribution in [0.4, 0.5) is 0 Å². The zero-order valence-corrected chi connectivity index (χ0v) is 39.1. The molecule has 0 aliphatic carbocycles. The van der Waals surface area contributed by atoms with E-state index in [1.807, 2.05) is 50.2 Å². The zero-order chi connectivity index (χ0) is 48.7. The summed E-state index contributed by atoms with van der Waals surface area (Å²) >= 11 is 13.6. The van der Waals surface area contributed by atoms with Crippen molar-refractivity contribution >= 4 is 35.0 Å². The lowest BCUT2D eigenvalue weighted by Crippen LogP contribution is -2.31. The summed E-state index contributed by atoms with van der Waals surface area (Å²) < 4.78 is 25.1. The third kappa shape index (κ3) is 13.5. The zero-order valence-electron chi connectivity index (χ0n) is 37.6. The van der Waals surface area contributed by atoms with Crippen molar-refractivity contribution in [2.24, 2.45) is 0 Å². The van der Waals surface area contributed by atoms with Gasteiger partial charge in [0.2, 0.25) is 0 Å². The Bertz CT molecular complexity index is 2670. The molecule has 68 heavy (non-hydrogen) atoms. The molecule has 0 fully saturated rings. The largest absolute Gasteiger partial charge is 0.488 e. The number of aliphatic hydroxyl groups excluding tert-OH is 2. The molecule has 0 radical (unpaired) electrons. The van der Waals surface area contributed by atoms with Gasteiger partial charge in [-0.2, -0.15) is 10.5 Å². The molecule has 2 aromatic heterocycles. The molecule has 16 heteroatoms. The second kappa shape index (κ2) is 24.1. The van der Waals surface area contributed by atoms with E-state index in [4.69, 9.17) is 47.3 Å². The average molecular weight is 959 g/mol. The molecule has 0 saturated heterocycles. The van der Waals surface area contributed by atoms with Crippen LogP contribution in [0.5, 0.6) is 23.0 Å². The first kappa shape index (κ1) is 50.4. The number of carbonyl (C=O) groups excluding carboxylic acids is 1. The van der Waals surface area contributed by atoms with Gasteiger partial charge in [-0.05, 0) is 103 Å². The Labute approximate surface area is 404 Å². The summed E-state index contributed by atoms with van der Waals surface area (Å²) in [5.74, 6) is 0.00452. The second-order valence-corrected chi connectivity index (χ2v) is 16.8. The summed E-state index contributed by atoms with van der Waals surface area (Å²) in [5, 5.41) is 51.4. The molecule has 4 aromatic carbocycles. The Hall–Kier alpha value is -7.04. The SMILES string of the molecule is CC(=O)[C@@H](O)CNCc1cc(Cl)c(OCc2cccc(-c3cccc(COc4cc(OCc5cncc(C#N)c5)c(CCC[C@H](O)C(=O)O)cc4Cl)c3C)c2C)cc1OCc1cncc(C#N)c1. The minimum Gasteiger partial charge on any atom is -0.488 e. The van der Waals surface area contributed by atoms with E-state index in [0.717, 1.165) is 33.4 Å². The fourth-order valence-corrected chi connectivity index (χ4v) is 7.71. The van der Waals surface area contributed by atoms with Crippen LogP contribution in [0.1, 0.15) is 75.4 Å². The van der Waals surface area contributed by atoms with Crippen molar-refractivity contribution in [3.05, 3.63) is 163 Å². The number of nitrogens with zero attached hydrogens (tertiary/aromatic N) is 4. The predicted octanol–water partition coefficient (Wildman–Crippen LogP) is 8.93. The molecule has 2 atom stereocenters. The topological polar surface area (TPSA) is 217 Å². The minimum absolute atomic E-state index is 0.0382. The minimum atomic E-state index is -1.49. The normalized spacial score (nSPS) is 11.8. The first-order chi connectivity index (χ1) is 32.7. The third-order valence-corrected chi connectivity index (χ3v) is 11.7. The molecule has 0 spiro atoms. The predicted molar refractivity (Wildman–Crippen MR) is 254 cm³/mol. The molecule has 6 aromatic rings. The van der Waals surface area contributed by atoms with Crippen LogP contribution in [0.2, 0.25) is 10.0 Å². The Balaban J connectivity index is 1.19. The number of halogens is 2. The second-order valence-electron chi connectivity index (χ2n) is 16.0. The number of aryl methyl sites for hydroxylation is 1. The number of benzene rings is 4. The number of carboxylic acid groups (broad SMARTS) is 1. The van der Waals surface area contributed by atoms with Crippen LogP contribution >= 0.6 is 23.2 Å². The number of carboxylic acids is 1. The lowest BCUT2D eigenvalue weighted by molar-refractivity contribution is -0.146. The maximum absolute atomic E-state index is 11.6. The molecule has 0 aliphatic heterocycles. The van der Waals surface area contributed by atoms with Gasteiger partial charge in [0.15, 0.2) is 11.9 Å². The molecule has 0 unspecified atom stereocenters. The highest BCUT2D eigenvalue weighted by Gasteiger charge is 2.19. The quantitative estimate of drug-likeness (QED) is 0.0472. The Morgan fingerprint density at radius 1 is 0.662 bits per heavy atom. The molecular weight excluding hydrogens is 910 g/mol. The van der Waals surface area contributed by atoms with Gasteiger partial charge in [0.05, 0.1) is 21.2 Å². The van der Waals surface area contributed by atoms with E-state index in [2.05, 4.69) is 27.4 Å². The number of rotatable bonds is 23. The van der Waals surface area contributed by atoms with Crippen molar-refractivity contribution in [3.8, 4) is 46.3 Å². The van der Waals surface area contributed by atoms with Gasteiger partial charge in [-0.3, -0.25) is 14.8 Å². The van der Waals surface area contributed by atoms with E-state index < -0.39 is 18.2 Å². The van der Waals surface area contributed by atoms with E-state index in [1.54, 1.807) is 48.8 Å². The molecular formula is C52H49Cl2N5O9. The van der Waals surface area contributed by atoms with Crippen LogP contribution in [-0.4, -0.2) is 55.8 Å². The van der Waals surface area contributed by atoms with Gasteiger partial charge in [-0.25, -0.2) is 4.79 Å². The molecule has 0 bridgehead atoms. The third-order valence-electron chi connectivity index (χ3n) is 11.1. The molecule has 14 nitrogen and oxygen atoms in total. The molecule has 6 rings (SSSR count). The first-order valence-corrected chi connectivity index (χ1v) is 22.3. The van der Waals surface area contributed by atoms with Crippen molar-refractivity contribution in [1.29, 1.82) is 10.5 Å². The van der Waals surface area contributed by atoms with Gasteiger partial charge in [0.25, 0.3) is 0 Å². The highest BCUT2D eigenvalue weighted by molar-refractivity contribution is 6.32. The number of pyridine rings is 2. The van der Waals surface area contributed by atoms with Crippen LogP contribution in [0.25, 0.3) is 11.1 Å². The molecule has 4 N–H and O–H groups in total. The average Bonchev–Trinajstić information content (AvgIpc) is 3.33. The van der Waals surface area contributed by atoms with Crippen molar-refractivity contribution in [3.63, 3.8) is 0 Å². The van der Waals surface area contributed by atoms with Gasteiger partial charge < -0.3 is 39.6 Å². The maximum Gasteiger partial charge on any atom is 0.332 e. The molecule has 2 heterocycles. The fraction of sp³-hybridized carbons (Fsp3) is 0.269. The summed E-state index contributed by atoms with van der Waals surface area (Å²) in [6, 6.07) is 26.3. The number of aliphatic carboxylic acids is 1. The van der Waals surface area contributed by atoms with Gasteiger partial charge in [0, 0.05) is 66.7 Å². The molecule has 0 amide bonds. The smallest absolute Gasteiger partial charge is 0.332 e. The number of aromatic nitrogens is 2. The summed E-state index contributed by atoms with van der Waals surface area (Å²) in [5.41, 5.74) is 9.28. The Morgan fingerprint density at radius 3 is 1.63 bits per heavy atom. The van der Waals surface area contributed by atoms with E-state index in [0.29, 0.717) is 79.3 Å². The Morgan fingerprint density at radius 2 is 1.15 bits per heavy atom. The van der Waals surface area contributed by atoms with Gasteiger partial charge in [-0.15, -0.1) is 0 Å². The van der Waals surface area contributed by atoms with E-state index in [1.165, 1.54) is 19.3 Å². The highest BCUT2D eigenvalue weighted by Crippen LogP contribution is 2.38. The van der Waals surface area contributed by atoms with E-state index >= 15 is 0 Å². The first-order valence-electron chi connectivity index (χ1n) is 21.6. The number of nitriles is 2. The van der Waals surface area contributed by atoms with Crippen LogP contribution in [-0.2, 0) is 49.0 Å². The standard InChI is InChI=1S/C52H49Cl2N5O9/c1-31-39(29-67-50-17-48(65-27-36-13-34(19-55)21-57-23-36)38(15-44(50)53)7-6-12-46(61)52(63)64)8-4-10-42(31)43-11-5-9-40(32(43)2)30-68-51-18-49(66-28-37-14-35(20-56)22-58-24-37)41(16-45(51)54)25-59-26-47(62)33(3)60/h4-5,8-11,13-18,21-24,46-47,59,61-62H,6-7,12,25-30H2,1-3H3,(H,63,64)/t46-,47-/m0/s1. The van der Waals surface area contributed by atoms with Crippen LogP contribution in [0.15, 0.2) is 97.6 Å². The fourth-order valence-electron chi connectivity index (χ4n) is 7.22. The van der Waals surface area contributed by atoms with E-state index in [9.17, 15) is 30.3 Å². The molecule has 350 valence electrons. The lowest BCUT2D eigenvalue weighted by Gasteiger charge is -2.19. The Kier molecular flexibility index (Phi) is 17.9. The maximum atomic E-state index is 11.6. The van der Waals surface area contributed by atoms with Crippen LogP contribution in [0, 0.1) is 36.5 Å². The number of nitrogens with one attached hydrogen (secondary N) is 1. The number of ether oxygens (including phenoxy) is 4. The van der Waals surface area contributed by atoms with Gasteiger partial charge in [0.1, 0.15) is 67.7 Å². The van der Waals surface area contributed by atoms with Crippen LogP contribution in [0.3, 0.4) is 0 Å². The summed E-state index contributed by atoms with van der Waals surface area (Å²) in [7, 11) is 0. The van der Waals surface area contributed by atoms with Crippen molar-refractivity contribution in [1.82, 2.24) is 15.3 Å². The monoisotopic (exact) mass is 957 g/mol. The van der Waals surface area contributed by atoms with Crippen molar-refractivity contribution < 1.29 is 43.9 Å². The summed E-state index contributed by atoms with van der Waals surface area (Å²) in [4.78, 5) is 31.0. The number of hydrogen-bond acceptors (Lipinski definition) is 13. The van der Waals surface area contributed by atoms with Crippen molar-refractivity contribution in [2.45, 2.75) is 85.2 Å². The summed E-state index contributed by atoms with van der Waals surface area (Å²) in [6.45, 7) is 6.19. The van der Waals surface area contributed by atoms with Gasteiger partial charge in [-0.1, -0.05) is 59.6 Å². The number of Topliss-reactive ketones (excluding diaryl/α,β-unsaturated/α-hetero) is 1. The van der Waals surface area contributed by atoms with Crippen molar-refractivity contribution in [2.75, 3.05) is 6.54 Å². The number of aliphatic hydroxyl groups is 2. The summed E-state index contributed by atoms with van der Waals surface area (Å²) in [6.07, 6.45) is 4.27. The lowest BCUT2D eigenvalue weighted by atomic mass is 9.92. The van der Waals surface area contributed by atoms with E-state index in [-0.39, 0.29) is 51.7 Å². The highest BCUT2D eigenvalue weighted by atomic mass is 35.5. The number of carbonyl (C=O) groups is 2. The molecule has 0 aliphatic rings. The van der Waals surface area contributed by atoms with Crippen LogP contribution < -0.4 is 24.3 Å². The number of hydrogen-bond donors (Lipinski definition) is 4. The number of ketones is 1.